The molecule has 3 rings (SSSR count). The standard InChI is InChI=1S/C13H16O5/c1-11(7-14)6-9-4-5-13(11,18-3)10(16)12(9,8-15)17-2/h4-5,7-9H,6H2,1-3H3/t9-,11-,12+,13+/m1/s1. The molecule has 0 radical (unpaired) electrons. The maximum atomic E-state index is 12.6. The van der Waals surface area contributed by atoms with Crippen LogP contribution in [0.25, 0.3) is 0 Å². The van der Waals surface area contributed by atoms with Crippen LogP contribution < -0.4 is 0 Å². The van der Waals surface area contributed by atoms with E-state index in [1.807, 2.05) is 0 Å². The molecule has 4 atom stereocenters. The molecule has 1 fully saturated rings. The first-order valence-corrected chi connectivity index (χ1v) is 5.73. The van der Waals surface area contributed by atoms with E-state index in [1.54, 1.807) is 19.1 Å². The SMILES string of the molecule is CO[C@]12C=C[C@H](C[C@]1(C)C=O)[C@](C=O)(OC)C2=O. The fourth-order valence-electron chi connectivity index (χ4n) is 3.17. The molecule has 98 valence electrons. The normalized spacial score (nSPS) is 46.2. The summed E-state index contributed by atoms with van der Waals surface area (Å²) < 4.78 is 10.5. The van der Waals surface area contributed by atoms with E-state index in [1.165, 1.54) is 14.2 Å². The third kappa shape index (κ3) is 1.16. The molecule has 0 aromatic heterocycles. The fraction of sp³-hybridized carbons (Fsp3) is 0.615. The second-order valence-electron chi connectivity index (χ2n) is 5.09. The molecule has 5 heteroatoms. The number of Topliss-reactive ketones (excluding diaryl/α,β-unsaturated/α-hetero) is 1. The summed E-state index contributed by atoms with van der Waals surface area (Å²) in [6.45, 7) is 1.67. The summed E-state index contributed by atoms with van der Waals surface area (Å²) in [6, 6.07) is 0. The molecule has 3 aliphatic carbocycles. The van der Waals surface area contributed by atoms with E-state index in [4.69, 9.17) is 9.47 Å². The number of ether oxygens (including phenoxy) is 2. The zero-order valence-corrected chi connectivity index (χ0v) is 10.6. The molecule has 0 aromatic carbocycles. The molecule has 5 nitrogen and oxygen atoms in total. The minimum absolute atomic E-state index is 0.346. The number of carbonyl (C=O) groups excluding carboxylic acids is 3. The van der Waals surface area contributed by atoms with Crippen molar-refractivity contribution in [2.75, 3.05) is 14.2 Å². The van der Waals surface area contributed by atoms with Gasteiger partial charge >= 0.3 is 0 Å². The Morgan fingerprint density at radius 1 is 1.28 bits per heavy atom. The lowest BCUT2D eigenvalue weighted by molar-refractivity contribution is -0.195. The Morgan fingerprint density at radius 2 is 1.94 bits per heavy atom. The van der Waals surface area contributed by atoms with Gasteiger partial charge in [-0.05, 0) is 19.4 Å². The zero-order valence-electron chi connectivity index (χ0n) is 10.6. The number of rotatable bonds is 4. The van der Waals surface area contributed by atoms with E-state index < -0.39 is 28.3 Å². The van der Waals surface area contributed by atoms with Gasteiger partial charge in [0.05, 0.1) is 5.41 Å². The van der Waals surface area contributed by atoms with E-state index >= 15 is 0 Å². The van der Waals surface area contributed by atoms with E-state index in [0.717, 1.165) is 6.29 Å². The van der Waals surface area contributed by atoms with Gasteiger partial charge in [0.25, 0.3) is 0 Å². The van der Waals surface area contributed by atoms with Crippen molar-refractivity contribution in [1.82, 2.24) is 0 Å². The molecule has 0 spiro atoms. The molecule has 3 aliphatic rings. The van der Waals surface area contributed by atoms with Crippen molar-refractivity contribution in [3.8, 4) is 0 Å². The number of aldehydes is 2. The van der Waals surface area contributed by atoms with Gasteiger partial charge in [0.1, 0.15) is 6.29 Å². The molecule has 2 bridgehead atoms. The van der Waals surface area contributed by atoms with E-state index in [0.29, 0.717) is 12.7 Å². The van der Waals surface area contributed by atoms with Crippen molar-refractivity contribution in [3.05, 3.63) is 12.2 Å². The Hall–Kier alpha value is -1.33. The first-order chi connectivity index (χ1) is 8.46. The Morgan fingerprint density at radius 3 is 2.39 bits per heavy atom. The highest BCUT2D eigenvalue weighted by molar-refractivity contribution is 6.12. The highest BCUT2D eigenvalue weighted by Crippen LogP contribution is 2.54. The van der Waals surface area contributed by atoms with E-state index in [2.05, 4.69) is 0 Å². The summed E-state index contributed by atoms with van der Waals surface area (Å²) >= 11 is 0. The third-order valence-corrected chi connectivity index (χ3v) is 4.39. The van der Waals surface area contributed by atoms with Crippen LogP contribution in [0.15, 0.2) is 12.2 Å². The predicted molar refractivity (Wildman–Crippen MR) is 62.0 cm³/mol. The number of ketones is 1. The lowest BCUT2D eigenvalue weighted by Gasteiger charge is -2.55. The molecule has 1 saturated carbocycles. The van der Waals surface area contributed by atoms with Gasteiger partial charge in [-0.15, -0.1) is 0 Å². The highest BCUT2D eigenvalue weighted by atomic mass is 16.5. The maximum Gasteiger partial charge on any atom is 0.209 e. The Bertz CT molecular complexity index is 443. The predicted octanol–water partition coefficient (Wildman–Crippen LogP) is 0.320. The molecule has 0 saturated heterocycles. The summed E-state index contributed by atoms with van der Waals surface area (Å²) in [5.41, 5.74) is -3.92. The maximum absolute atomic E-state index is 12.6. The van der Waals surface area contributed by atoms with Crippen molar-refractivity contribution in [2.45, 2.75) is 24.5 Å². The quantitative estimate of drug-likeness (QED) is 0.409. The van der Waals surface area contributed by atoms with Crippen LogP contribution in [0.3, 0.4) is 0 Å². The van der Waals surface area contributed by atoms with Crippen molar-refractivity contribution in [3.63, 3.8) is 0 Å². The summed E-state index contributed by atoms with van der Waals surface area (Å²) in [6.07, 6.45) is 4.91. The molecule has 0 unspecified atom stereocenters. The van der Waals surface area contributed by atoms with Crippen LogP contribution in [-0.2, 0) is 23.9 Å². The van der Waals surface area contributed by atoms with Crippen LogP contribution in [0, 0.1) is 11.3 Å². The number of hydrogen-bond donors (Lipinski definition) is 0. The van der Waals surface area contributed by atoms with Crippen LogP contribution >= 0.6 is 0 Å². The summed E-state index contributed by atoms with van der Waals surface area (Å²) in [5.74, 6) is -0.928. The molecule has 0 aromatic rings. The largest absolute Gasteiger partial charge is 0.365 e. The Balaban J connectivity index is 2.66. The van der Waals surface area contributed by atoms with Crippen molar-refractivity contribution >= 4 is 18.4 Å². The van der Waals surface area contributed by atoms with Crippen LogP contribution in [-0.4, -0.2) is 43.8 Å². The van der Waals surface area contributed by atoms with Crippen LogP contribution in [0.4, 0.5) is 0 Å². The van der Waals surface area contributed by atoms with Gasteiger partial charge in [0.2, 0.25) is 5.78 Å². The molecule has 0 N–H and O–H groups in total. The van der Waals surface area contributed by atoms with E-state index in [-0.39, 0.29) is 0 Å². The number of hydrogen-bond acceptors (Lipinski definition) is 5. The minimum Gasteiger partial charge on any atom is -0.365 e. The highest BCUT2D eigenvalue weighted by Gasteiger charge is 2.69. The van der Waals surface area contributed by atoms with Crippen LogP contribution in [0.1, 0.15) is 13.3 Å². The number of methoxy groups -OCH3 is 2. The minimum atomic E-state index is -1.53. The molecule has 0 aliphatic heterocycles. The van der Waals surface area contributed by atoms with Gasteiger partial charge < -0.3 is 14.3 Å². The number of fused-ring (bicyclic) bond motifs is 2. The molecule has 0 heterocycles. The smallest absolute Gasteiger partial charge is 0.209 e. The van der Waals surface area contributed by atoms with Gasteiger partial charge in [-0.3, -0.25) is 9.59 Å². The monoisotopic (exact) mass is 252 g/mol. The van der Waals surface area contributed by atoms with Crippen molar-refractivity contribution in [2.24, 2.45) is 11.3 Å². The first-order valence-electron chi connectivity index (χ1n) is 5.73. The van der Waals surface area contributed by atoms with Gasteiger partial charge in [0.15, 0.2) is 17.5 Å². The number of carbonyl (C=O) groups is 3. The van der Waals surface area contributed by atoms with Crippen molar-refractivity contribution < 1.29 is 23.9 Å². The Kier molecular flexibility index (Phi) is 2.79. The van der Waals surface area contributed by atoms with Crippen LogP contribution in [0.5, 0.6) is 0 Å². The van der Waals surface area contributed by atoms with Gasteiger partial charge in [-0.2, -0.15) is 0 Å². The topological polar surface area (TPSA) is 69.7 Å². The zero-order chi connectivity index (χ0) is 13.6. The molecule has 0 amide bonds. The average Bonchev–Trinajstić information content (AvgIpc) is 2.40. The second-order valence-corrected chi connectivity index (χ2v) is 5.09. The van der Waals surface area contributed by atoms with Crippen LogP contribution in [0.2, 0.25) is 0 Å². The van der Waals surface area contributed by atoms with Crippen molar-refractivity contribution in [1.29, 1.82) is 0 Å². The first kappa shape index (κ1) is 13.1. The fourth-order valence-corrected chi connectivity index (χ4v) is 3.17. The Labute approximate surface area is 105 Å². The van der Waals surface area contributed by atoms with Gasteiger partial charge in [-0.1, -0.05) is 6.08 Å². The lowest BCUT2D eigenvalue weighted by Crippen LogP contribution is -2.72. The summed E-state index contributed by atoms with van der Waals surface area (Å²) in [5, 5.41) is 0. The van der Waals surface area contributed by atoms with Gasteiger partial charge in [-0.25, -0.2) is 0 Å². The molecular weight excluding hydrogens is 236 g/mol. The molecular formula is C13H16O5. The van der Waals surface area contributed by atoms with E-state index in [9.17, 15) is 14.4 Å². The average molecular weight is 252 g/mol. The second kappa shape index (κ2) is 3.83. The van der Waals surface area contributed by atoms with Gasteiger partial charge in [0, 0.05) is 20.1 Å². The molecule has 18 heavy (non-hydrogen) atoms. The summed E-state index contributed by atoms with van der Waals surface area (Å²) in [7, 11) is 2.68. The third-order valence-electron chi connectivity index (χ3n) is 4.39. The lowest BCUT2D eigenvalue weighted by atomic mass is 9.52. The summed E-state index contributed by atoms with van der Waals surface area (Å²) in [4.78, 5) is 35.3.